The van der Waals surface area contributed by atoms with Gasteiger partial charge in [0.15, 0.2) is 6.61 Å². The smallest absolute Gasteiger partial charge is 0.340 e. The van der Waals surface area contributed by atoms with Gasteiger partial charge in [0.25, 0.3) is 5.91 Å². The molecular formula is C21H19ClN2O3. The Morgan fingerprint density at radius 2 is 1.70 bits per heavy atom. The summed E-state index contributed by atoms with van der Waals surface area (Å²) in [5, 5.41) is 3.04. The van der Waals surface area contributed by atoms with Gasteiger partial charge >= 0.3 is 5.97 Å². The van der Waals surface area contributed by atoms with E-state index >= 15 is 0 Å². The lowest BCUT2D eigenvalue weighted by molar-refractivity contribution is -0.119. The van der Waals surface area contributed by atoms with Crippen LogP contribution in [0.15, 0.2) is 60.7 Å². The molecule has 3 rings (SSSR count). The molecule has 0 saturated heterocycles. The van der Waals surface area contributed by atoms with Gasteiger partial charge < -0.3 is 14.6 Å². The van der Waals surface area contributed by atoms with Crippen molar-refractivity contribution >= 4 is 29.2 Å². The minimum atomic E-state index is -0.542. The standard InChI is InChI=1S/C21H19ClN2O3/c1-14-12-17(15(2)24(14)16-8-4-3-5-9-16)21(26)27-13-20(25)23-19-11-7-6-10-18(19)22/h3-12H,13H2,1-2H3,(H,23,25). The summed E-state index contributed by atoms with van der Waals surface area (Å²) in [4.78, 5) is 24.5. The number of esters is 1. The molecule has 0 unspecified atom stereocenters. The topological polar surface area (TPSA) is 60.3 Å². The van der Waals surface area contributed by atoms with Crippen molar-refractivity contribution < 1.29 is 14.3 Å². The number of rotatable bonds is 5. The number of hydrogen-bond acceptors (Lipinski definition) is 3. The number of carbonyl (C=O) groups is 2. The predicted molar refractivity (Wildman–Crippen MR) is 106 cm³/mol. The molecule has 0 atom stereocenters. The number of aromatic nitrogens is 1. The molecule has 2 aromatic carbocycles. The molecule has 1 heterocycles. The molecule has 5 nitrogen and oxygen atoms in total. The van der Waals surface area contributed by atoms with Crippen LogP contribution in [0.25, 0.3) is 5.69 Å². The Balaban J connectivity index is 1.68. The number of aryl methyl sites for hydroxylation is 1. The Bertz CT molecular complexity index is 980. The fourth-order valence-corrected chi connectivity index (χ4v) is 3.08. The summed E-state index contributed by atoms with van der Waals surface area (Å²) >= 11 is 6.00. The molecule has 0 saturated carbocycles. The van der Waals surface area contributed by atoms with Gasteiger partial charge in [-0.25, -0.2) is 4.79 Å². The normalized spacial score (nSPS) is 10.5. The maximum Gasteiger partial charge on any atom is 0.340 e. The van der Waals surface area contributed by atoms with Crippen molar-refractivity contribution in [2.24, 2.45) is 0 Å². The lowest BCUT2D eigenvalue weighted by Gasteiger charge is -2.10. The van der Waals surface area contributed by atoms with Crippen LogP contribution in [0.5, 0.6) is 0 Å². The average Bonchev–Trinajstić information content (AvgIpc) is 2.96. The van der Waals surface area contributed by atoms with E-state index in [1.165, 1.54) is 0 Å². The summed E-state index contributed by atoms with van der Waals surface area (Å²) in [6, 6.07) is 18.4. The van der Waals surface area contributed by atoms with Crippen molar-refractivity contribution in [2.45, 2.75) is 13.8 Å². The molecule has 1 aromatic heterocycles. The molecule has 0 aliphatic carbocycles. The van der Waals surface area contributed by atoms with E-state index < -0.39 is 11.9 Å². The van der Waals surface area contributed by atoms with Crippen LogP contribution in [-0.2, 0) is 9.53 Å². The van der Waals surface area contributed by atoms with E-state index in [-0.39, 0.29) is 6.61 Å². The van der Waals surface area contributed by atoms with Crippen molar-refractivity contribution in [3.05, 3.63) is 82.6 Å². The number of nitrogens with zero attached hydrogens (tertiary/aromatic N) is 1. The number of benzene rings is 2. The minimum absolute atomic E-state index is 0.390. The van der Waals surface area contributed by atoms with E-state index in [2.05, 4.69) is 5.32 Å². The van der Waals surface area contributed by atoms with E-state index in [9.17, 15) is 9.59 Å². The molecule has 138 valence electrons. The number of hydrogen-bond donors (Lipinski definition) is 1. The molecule has 0 aliphatic rings. The lowest BCUT2D eigenvalue weighted by Crippen LogP contribution is -2.21. The quantitative estimate of drug-likeness (QED) is 0.659. The van der Waals surface area contributed by atoms with Gasteiger partial charge in [-0.05, 0) is 44.2 Å². The summed E-state index contributed by atoms with van der Waals surface area (Å²) in [6.45, 7) is 3.38. The van der Waals surface area contributed by atoms with E-state index in [1.54, 1.807) is 30.3 Å². The summed E-state index contributed by atoms with van der Waals surface area (Å²) in [5.74, 6) is -0.993. The first-order valence-electron chi connectivity index (χ1n) is 8.43. The van der Waals surface area contributed by atoms with Crippen LogP contribution in [0.4, 0.5) is 5.69 Å². The summed E-state index contributed by atoms with van der Waals surface area (Å²) < 4.78 is 7.15. The average molecular weight is 383 g/mol. The van der Waals surface area contributed by atoms with E-state index in [1.807, 2.05) is 48.7 Å². The Labute approximate surface area is 162 Å². The van der Waals surface area contributed by atoms with Crippen molar-refractivity contribution in [3.8, 4) is 5.69 Å². The van der Waals surface area contributed by atoms with Crippen LogP contribution in [-0.4, -0.2) is 23.1 Å². The van der Waals surface area contributed by atoms with Gasteiger partial charge in [-0.15, -0.1) is 0 Å². The number of ether oxygens (including phenoxy) is 1. The van der Waals surface area contributed by atoms with Crippen molar-refractivity contribution in [3.63, 3.8) is 0 Å². The minimum Gasteiger partial charge on any atom is -0.452 e. The maximum atomic E-state index is 12.4. The lowest BCUT2D eigenvalue weighted by atomic mass is 10.2. The first-order valence-corrected chi connectivity index (χ1v) is 8.81. The molecule has 27 heavy (non-hydrogen) atoms. The highest BCUT2D eigenvalue weighted by Gasteiger charge is 2.19. The molecule has 0 spiro atoms. The van der Waals surface area contributed by atoms with E-state index in [4.69, 9.17) is 16.3 Å². The third kappa shape index (κ3) is 4.20. The van der Waals surface area contributed by atoms with Crippen LogP contribution < -0.4 is 5.32 Å². The second kappa shape index (κ2) is 8.10. The van der Waals surface area contributed by atoms with Crippen LogP contribution in [0.1, 0.15) is 21.7 Å². The number of halogens is 1. The monoisotopic (exact) mass is 382 g/mol. The van der Waals surface area contributed by atoms with Gasteiger partial charge in [0.05, 0.1) is 16.3 Å². The van der Waals surface area contributed by atoms with Gasteiger partial charge in [0.2, 0.25) is 0 Å². The number of amides is 1. The van der Waals surface area contributed by atoms with E-state index in [0.717, 1.165) is 17.1 Å². The number of para-hydroxylation sites is 2. The summed E-state index contributed by atoms with van der Waals surface area (Å²) in [5.41, 5.74) is 3.54. The summed E-state index contributed by atoms with van der Waals surface area (Å²) in [7, 11) is 0. The second-order valence-corrected chi connectivity index (χ2v) is 6.47. The molecule has 0 aliphatic heterocycles. The molecule has 1 amide bonds. The largest absolute Gasteiger partial charge is 0.452 e. The zero-order chi connectivity index (χ0) is 19.4. The summed E-state index contributed by atoms with van der Waals surface area (Å²) in [6.07, 6.45) is 0. The predicted octanol–water partition coefficient (Wildman–Crippen LogP) is 4.54. The molecule has 0 bridgehead atoms. The molecular weight excluding hydrogens is 364 g/mol. The zero-order valence-corrected chi connectivity index (χ0v) is 15.8. The number of anilines is 1. The van der Waals surface area contributed by atoms with Crippen molar-refractivity contribution in [1.29, 1.82) is 0 Å². The first-order chi connectivity index (χ1) is 13.0. The maximum absolute atomic E-state index is 12.4. The SMILES string of the molecule is Cc1cc(C(=O)OCC(=O)Nc2ccccc2Cl)c(C)n1-c1ccccc1. The van der Waals surface area contributed by atoms with Gasteiger partial charge in [-0.3, -0.25) is 4.79 Å². The van der Waals surface area contributed by atoms with E-state index in [0.29, 0.717) is 16.3 Å². The van der Waals surface area contributed by atoms with Crippen LogP contribution in [0.3, 0.4) is 0 Å². The first kappa shape index (κ1) is 18.7. The van der Waals surface area contributed by atoms with Crippen molar-refractivity contribution in [2.75, 3.05) is 11.9 Å². The van der Waals surface area contributed by atoms with Gasteiger partial charge in [-0.1, -0.05) is 41.9 Å². The highest BCUT2D eigenvalue weighted by molar-refractivity contribution is 6.33. The van der Waals surface area contributed by atoms with Gasteiger partial charge in [-0.2, -0.15) is 0 Å². The van der Waals surface area contributed by atoms with Crippen LogP contribution in [0.2, 0.25) is 5.02 Å². The zero-order valence-electron chi connectivity index (χ0n) is 15.0. The third-order valence-corrected chi connectivity index (χ3v) is 4.48. The fourth-order valence-electron chi connectivity index (χ4n) is 2.90. The highest BCUT2D eigenvalue weighted by Crippen LogP contribution is 2.22. The Morgan fingerprint density at radius 1 is 1.04 bits per heavy atom. The van der Waals surface area contributed by atoms with Crippen LogP contribution >= 0.6 is 11.6 Å². The highest BCUT2D eigenvalue weighted by atomic mass is 35.5. The molecule has 3 aromatic rings. The van der Waals surface area contributed by atoms with Crippen LogP contribution in [0, 0.1) is 13.8 Å². The Morgan fingerprint density at radius 3 is 2.41 bits per heavy atom. The number of carbonyl (C=O) groups excluding carboxylic acids is 2. The Hall–Kier alpha value is -3.05. The third-order valence-electron chi connectivity index (χ3n) is 4.15. The second-order valence-electron chi connectivity index (χ2n) is 6.06. The Kier molecular flexibility index (Phi) is 5.62. The van der Waals surface area contributed by atoms with Gasteiger partial charge in [0.1, 0.15) is 0 Å². The molecule has 0 radical (unpaired) electrons. The fraction of sp³-hybridized carbons (Fsp3) is 0.143. The van der Waals surface area contributed by atoms with Gasteiger partial charge in [0, 0.05) is 17.1 Å². The number of nitrogens with one attached hydrogen (secondary N) is 1. The molecule has 0 fully saturated rings. The molecule has 6 heteroatoms. The molecule has 1 N–H and O–H groups in total. The van der Waals surface area contributed by atoms with Crippen molar-refractivity contribution in [1.82, 2.24) is 4.57 Å².